The number of rotatable bonds is 6. The van der Waals surface area contributed by atoms with E-state index in [-0.39, 0.29) is 23.7 Å². The summed E-state index contributed by atoms with van der Waals surface area (Å²) in [5.74, 6) is 0.567. The molecule has 1 aromatic carbocycles. The van der Waals surface area contributed by atoms with E-state index < -0.39 is 5.82 Å². The molecule has 4 heterocycles. The van der Waals surface area contributed by atoms with Crippen molar-refractivity contribution >= 4 is 28.8 Å². The number of H-pyrrole nitrogens is 1. The molecular weight excluding hydrogens is 475 g/mol. The van der Waals surface area contributed by atoms with Crippen molar-refractivity contribution in [2.75, 3.05) is 38.6 Å². The van der Waals surface area contributed by atoms with Crippen LogP contribution in [0.4, 0.5) is 21.0 Å². The number of fused-ring (bicyclic) bond motifs is 1. The molecule has 1 aliphatic heterocycles. The normalized spacial score (nSPS) is 14.4. The molecule has 2 N–H and O–H groups in total. The molecule has 5 rings (SSSR count). The summed E-state index contributed by atoms with van der Waals surface area (Å²) in [4.78, 5) is 28.6. The number of aromatic nitrogens is 5. The van der Waals surface area contributed by atoms with Gasteiger partial charge in [-0.25, -0.2) is 24.1 Å². The van der Waals surface area contributed by atoms with E-state index >= 15 is 0 Å². The number of pyridine rings is 1. The molecule has 0 atom stereocenters. The topological polar surface area (TPSA) is 112 Å². The number of benzene rings is 1. The van der Waals surface area contributed by atoms with E-state index in [0.717, 1.165) is 48.0 Å². The van der Waals surface area contributed by atoms with Crippen molar-refractivity contribution in [3.63, 3.8) is 0 Å². The van der Waals surface area contributed by atoms with Crippen molar-refractivity contribution in [2.45, 2.75) is 26.3 Å². The number of methoxy groups -OCH3 is 1. The third-order valence-electron chi connectivity index (χ3n) is 6.45. The van der Waals surface area contributed by atoms with E-state index in [1.807, 2.05) is 24.3 Å². The highest BCUT2D eigenvalue weighted by Crippen LogP contribution is 2.29. The molecule has 0 unspecified atom stereocenters. The fourth-order valence-electron chi connectivity index (χ4n) is 4.43. The van der Waals surface area contributed by atoms with Gasteiger partial charge in [-0.15, -0.1) is 0 Å². The van der Waals surface area contributed by atoms with E-state index in [1.54, 1.807) is 17.2 Å². The lowest BCUT2D eigenvalue weighted by Crippen LogP contribution is -2.48. The minimum atomic E-state index is -0.505. The van der Waals surface area contributed by atoms with Crippen LogP contribution in [0.25, 0.3) is 22.2 Å². The van der Waals surface area contributed by atoms with Gasteiger partial charge in [-0.05, 0) is 29.7 Å². The lowest BCUT2D eigenvalue weighted by Gasteiger charge is -2.33. The molecule has 11 heteroatoms. The number of anilines is 2. The van der Waals surface area contributed by atoms with Gasteiger partial charge in [0.2, 0.25) is 5.95 Å². The van der Waals surface area contributed by atoms with Gasteiger partial charge in [-0.1, -0.05) is 26.0 Å². The Morgan fingerprint density at radius 2 is 1.95 bits per heavy atom. The standard InChI is InChI=1S/C26H29FN8O2/c1-16(2)23-19-12-18(5-6-21(19)32-33-23)24-20(27)14-29-25(31-24)30-22-7-4-17(13-28-22)15-34-8-10-35(11-9-34)26(36)37-3/h4-7,12-14,16H,8-11,15H2,1-3H3,(H,32,33)(H,28,29,30,31). The molecule has 1 aliphatic rings. The third-order valence-corrected chi connectivity index (χ3v) is 6.45. The number of halogens is 1. The monoisotopic (exact) mass is 504 g/mol. The van der Waals surface area contributed by atoms with Gasteiger partial charge in [0, 0.05) is 55.6 Å². The van der Waals surface area contributed by atoms with E-state index in [9.17, 15) is 9.18 Å². The van der Waals surface area contributed by atoms with Gasteiger partial charge in [0.15, 0.2) is 5.82 Å². The highest BCUT2D eigenvalue weighted by molar-refractivity contribution is 5.86. The summed E-state index contributed by atoms with van der Waals surface area (Å²) in [6, 6.07) is 9.39. The number of piperazine rings is 1. The molecule has 3 aromatic heterocycles. The quantitative estimate of drug-likeness (QED) is 0.400. The molecule has 1 fully saturated rings. The largest absolute Gasteiger partial charge is 0.453 e. The Balaban J connectivity index is 1.27. The first-order chi connectivity index (χ1) is 17.9. The van der Waals surface area contributed by atoms with Crippen LogP contribution in [0, 0.1) is 5.82 Å². The molecule has 192 valence electrons. The molecule has 1 saturated heterocycles. The highest BCUT2D eigenvalue weighted by Gasteiger charge is 2.21. The molecule has 37 heavy (non-hydrogen) atoms. The van der Waals surface area contributed by atoms with Crippen molar-refractivity contribution in [3.8, 4) is 11.3 Å². The van der Waals surface area contributed by atoms with Crippen molar-refractivity contribution in [1.82, 2.24) is 34.9 Å². The van der Waals surface area contributed by atoms with Crippen LogP contribution in [0.15, 0.2) is 42.7 Å². The highest BCUT2D eigenvalue weighted by atomic mass is 19.1. The zero-order valence-corrected chi connectivity index (χ0v) is 21.0. The summed E-state index contributed by atoms with van der Waals surface area (Å²) >= 11 is 0. The molecule has 1 amide bonds. The van der Waals surface area contributed by atoms with Crippen LogP contribution >= 0.6 is 0 Å². The minimum Gasteiger partial charge on any atom is -0.453 e. The van der Waals surface area contributed by atoms with E-state index in [0.29, 0.717) is 24.5 Å². The predicted octanol–water partition coefficient (Wildman–Crippen LogP) is 4.31. The molecule has 0 spiro atoms. The van der Waals surface area contributed by atoms with Crippen molar-refractivity contribution in [2.24, 2.45) is 0 Å². The van der Waals surface area contributed by atoms with Crippen LogP contribution in [-0.2, 0) is 11.3 Å². The Labute approximate surface area is 213 Å². The van der Waals surface area contributed by atoms with Crippen molar-refractivity contribution in [3.05, 3.63) is 59.8 Å². The van der Waals surface area contributed by atoms with Crippen LogP contribution in [0.2, 0.25) is 0 Å². The Morgan fingerprint density at radius 3 is 2.65 bits per heavy atom. The Kier molecular flexibility index (Phi) is 6.95. The summed E-state index contributed by atoms with van der Waals surface area (Å²) in [5, 5.41) is 11.4. The maximum Gasteiger partial charge on any atom is 0.409 e. The second-order valence-electron chi connectivity index (χ2n) is 9.32. The molecule has 0 aliphatic carbocycles. The van der Waals surface area contributed by atoms with Crippen molar-refractivity contribution in [1.29, 1.82) is 0 Å². The fourth-order valence-corrected chi connectivity index (χ4v) is 4.43. The van der Waals surface area contributed by atoms with Gasteiger partial charge in [0.05, 0.1) is 18.8 Å². The fraction of sp³-hybridized carbons (Fsp3) is 0.346. The number of carbonyl (C=O) groups is 1. The van der Waals surface area contributed by atoms with Gasteiger partial charge in [0.25, 0.3) is 0 Å². The van der Waals surface area contributed by atoms with Crippen LogP contribution in [-0.4, -0.2) is 74.3 Å². The second kappa shape index (κ2) is 10.5. The van der Waals surface area contributed by atoms with Gasteiger partial charge < -0.3 is 15.0 Å². The number of hydrogen-bond acceptors (Lipinski definition) is 8. The molecule has 0 radical (unpaired) electrons. The van der Waals surface area contributed by atoms with E-state index in [4.69, 9.17) is 4.74 Å². The summed E-state index contributed by atoms with van der Waals surface area (Å²) in [7, 11) is 1.40. The number of hydrogen-bond donors (Lipinski definition) is 2. The average molecular weight is 505 g/mol. The number of ether oxygens (including phenoxy) is 1. The van der Waals surface area contributed by atoms with Gasteiger partial charge in [-0.3, -0.25) is 10.00 Å². The lowest BCUT2D eigenvalue weighted by molar-refractivity contribution is 0.0888. The molecule has 4 aromatic rings. The second-order valence-corrected chi connectivity index (χ2v) is 9.32. The molecular formula is C26H29FN8O2. The first-order valence-corrected chi connectivity index (χ1v) is 12.2. The van der Waals surface area contributed by atoms with Gasteiger partial charge in [-0.2, -0.15) is 5.10 Å². The van der Waals surface area contributed by atoms with Gasteiger partial charge >= 0.3 is 6.09 Å². The summed E-state index contributed by atoms with van der Waals surface area (Å²) in [5.41, 5.74) is 3.73. The molecule has 0 saturated carbocycles. The number of aromatic amines is 1. The van der Waals surface area contributed by atoms with Crippen LogP contribution in [0.3, 0.4) is 0 Å². The van der Waals surface area contributed by atoms with Gasteiger partial charge in [0.1, 0.15) is 11.5 Å². The van der Waals surface area contributed by atoms with E-state index in [1.165, 1.54) is 7.11 Å². The first kappa shape index (κ1) is 24.6. The van der Waals surface area contributed by atoms with Crippen LogP contribution < -0.4 is 5.32 Å². The SMILES string of the molecule is COC(=O)N1CCN(Cc2ccc(Nc3ncc(F)c(-c4ccc5n[nH]c(C(C)C)c5c4)n3)nc2)CC1. The smallest absolute Gasteiger partial charge is 0.409 e. The first-order valence-electron chi connectivity index (χ1n) is 12.2. The zero-order valence-electron chi connectivity index (χ0n) is 21.0. The predicted molar refractivity (Wildman–Crippen MR) is 138 cm³/mol. The van der Waals surface area contributed by atoms with Crippen LogP contribution in [0.1, 0.15) is 31.0 Å². The van der Waals surface area contributed by atoms with E-state index in [2.05, 4.69) is 49.2 Å². The number of nitrogens with zero attached hydrogens (tertiary/aromatic N) is 6. The maximum absolute atomic E-state index is 14.7. The Morgan fingerprint density at radius 1 is 1.14 bits per heavy atom. The average Bonchev–Trinajstić information content (AvgIpc) is 3.34. The Bertz CT molecular complexity index is 1400. The number of nitrogens with one attached hydrogen (secondary N) is 2. The maximum atomic E-state index is 14.7. The zero-order chi connectivity index (χ0) is 25.9. The number of carbonyl (C=O) groups excluding carboxylic acids is 1. The minimum absolute atomic E-state index is 0.207. The summed E-state index contributed by atoms with van der Waals surface area (Å²) in [6.07, 6.45) is 2.67. The number of amides is 1. The molecule has 0 bridgehead atoms. The molecule has 10 nitrogen and oxygen atoms in total. The Hall–Kier alpha value is -4.12. The summed E-state index contributed by atoms with van der Waals surface area (Å²) in [6.45, 7) is 7.70. The summed E-state index contributed by atoms with van der Waals surface area (Å²) < 4.78 is 19.5. The van der Waals surface area contributed by atoms with Crippen LogP contribution in [0.5, 0.6) is 0 Å². The van der Waals surface area contributed by atoms with Crippen molar-refractivity contribution < 1.29 is 13.9 Å². The third kappa shape index (κ3) is 5.36. The lowest BCUT2D eigenvalue weighted by atomic mass is 10.0.